The van der Waals surface area contributed by atoms with Crippen LogP contribution in [-0.2, 0) is 0 Å². The van der Waals surface area contributed by atoms with Crippen LogP contribution < -0.4 is 0 Å². The Kier molecular flexibility index (Phi) is 8.84. The van der Waals surface area contributed by atoms with E-state index in [0.29, 0.717) is 34.3 Å². The Bertz CT molecular complexity index is 1170. The Balaban J connectivity index is 0.00000113. The van der Waals surface area contributed by atoms with Crippen LogP contribution in [0.3, 0.4) is 0 Å². The number of rotatable bonds is 4. The molecule has 6 rings (SSSR count). The van der Waals surface area contributed by atoms with Gasteiger partial charge in [0.15, 0.2) is 0 Å². The summed E-state index contributed by atoms with van der Waals surface area (Å²) in [7, 11) is 0. The van der Waals surface area contributed by atoms with Crippen molar-refractivity contribution < 1.29 is 15.0 Å². The number of allylic oxidation sites excluding steroid dienone is 1. The lowest BCUT2D eigenvalue weighted by molar-refractivity contribution is -0.225. The Morgan fingerprint density at radius 1 is 0.952 bits per heavy atom. The highest BCUT2D eigenvalue weighted by Crippen LogP contribution is 2.76. The SMILES string of the molecule is C=CC.CC12CCCN(Sc3cccc(C(=O)O)c3)C(C)(C)C1CCC1(C)C2CCC2C3CCCC3(CO)CC[C@]21C. The smallest absolute Gasteiger partial charge is 0.335 e. The van der Waals surface area contributed by atoms with Crippen molar-refractivity contribution >= 4 is 17.9 Å². The van der Waals surface area contributed by atoms with Crippen molar-refractivity contribution in [1.29, 1.82) is 0 Å². The predicted octanol–water partition coefficient (Wildman–Crippen LogP) is 9.49. The fourth-order valence-electron chi connectivity index (χ4n) is 11.9. The molecule has 0 bridgehead atoms. The Labute approximate surface area is 260 Å². The first-order chi connectivity index (χ1) is 19.8. The standard InChI is InChI=1S/C34H51NO3S.C3H6/c1-30(2)27-14-17-33(5)28(13-12-25-26-11-7-16-34(26,22-36)19-18-32(25,33)4)31(27,3)15-8-20-35(30)39-24-10-6-9-23(21-24)29(37)38;1-3-2/h6,9-10,21,25-28,36H,7-8,11-20,22H2,1-5H3,(H,37,38);3H,1H2,2H3/t25?,26?,27?,28?,31?,32-,33?,34?;/m1./s1. The maximum atomic E-state index is 11.6. The summed E-state index contributed by atoms with van der Waals surface area (Å²) in [4.78, 5) is 12.6. The van der Waals surface area contributed by atoms with Gasteiger partial charge in [0.25, 0.3) is 0 Å². The summed E-state index contributed by atoms with van der Waals surface area (Å²) in [6, 6.07) is 7.48. The molecule has 5 heteroatoms. The summed E-state index contributed by atoms with van der Waals surface area (Å²) in [6.07, 6.45) is 16.0. The van der Waals surface area contributed by atoms with Crippen LogP contribution in [0.4, 0.5) is 0 Å². The fourth-order valence-corrected chi connectivity index (χ4v) is 13.1. The highest BCUT2D eigenvalue weighted by molar-refractivity contribution is 7.97. The van der Waals surface area contributed by atoms with Crippen molar-refractivity contribution in [3.8, 4) is 0 Å². The first-order valence-corrected chi connectivity index (χ1v) is 17.6. The number of aromatic carboxylic acids is 1. The Morgan fingerprint density at radius 3 is 2.38 bits per heavy atom. The van der Waals surface area contributed by atoms with Crippen LogP contribution in [0, 0.1) is 45.3 Å². The zero-order valence-corrected chi connectivity index (χ0v) is 28.1. The van der Waals surface area contributed by atoms with Crippen molar-refractivity contribution in [3.05, 3.63) is 42.5 Å². The summed E-state index contributed by atoms with van der Waals surface area (Å²) < 4.78 is 2.61. The van der Waals surface area contributed by atoms with Gasteiger partial charge in [-0.2, -0.15) is 0 Å². The van der Waals surface area contributed by atoms with E-state index in [1.165, 1.54) is 70.6 Å². The molecule has 1 saturated heterocycles. The minimum atomic E-state index is -0.854. The molecular weight excluding hydrogens is 538 g/mol. The number of aliphatic hydroxyl groups excluding tert-OH is 1. The summed E-state index contributed by atoms with van der Waals surface area (Å²) >= 11 is 1.78. The van der Waals surface area contributed by atoms with Gasteiger partial charge in [0, 0.05) is 23.6 Å². The number of hydrogen-bond acceptors (Lipinski definition) is 4. The van der Waals surface area contributed by atoms with Gasteiger partial charge < -0.3 is 10.2 Å². The molecule has 4 aliphatic carbocycles. The molecule has 4 nitrogen and oxygen atoms in total. The second-order valence-corrected chi connectivity index (χ2v) is 17.0. The van der Waals surface area contributed by atoms with Gasteiger partial charge >= 0.3 is 5.97 Å². The predicted molar refractivity (Wildman–Crippen MR) is 175 cm³/mol. The lowest BCUT2D eigenvalue weighted by Crippen LogP contribution is -2.65. The van der Waals surface area contributed by atoms with Gasteiger partial charge in [-0.3, -0.25) is 0 Å². The molecule has 7 unspecified atom stereocenters. The van der Waals surface area contributed by atoms with Gasteiger partial charge in [-0.25, -0.2) is 9.10 Å². The van der Waals surface area contributed by atoms with Gasteiger partial charge in [0.05, 0.1) is 5.56 Å². The number of carboxylic acid groups (broad SMARTS) is 1. The van der Waals surface area contributed by atoms with Gasteiger partial charge in [-0.15, -0.1) is 6.58 Å². The quantitative estimate of drug-likeness (QED) is 0.268. The largest absolute Gasteiger partial charge is 0.478 e. The van der Waals surface area contributed by atoms with Crippen LogP contribution in [0.15, 0.2) is 41.8 Å². The first kappa shape index (κ1) is 32.1. The summed E-state index contributed by atoms with van der Waals surface area (Å²) in [5.41, 5.74) is 1.66. The van der Waals surface area contributed by atoms with E-state index in [2.05, 4.69) is 51.6 Å². The number of nitrogens with zero attached hydrogens (tertiary/aromatic N) is 1. The average Bonchev–Trinajstić information content (AvgIpc) is 3.34. The van der Waals surface area contributed by atoms with Crippen LogP contribution in [0.25, 0.3) is 0 Å². The molecule has 1 aliphatic heterocycles. The van der Waals surface area contributed by atoms with Crippen molar-refractivity contribution in [3.63, 3.8) is 0 Å². The second kappa shape index (κ2) is 11.6. The van der Waals surface area contributed by atoms with Crippen LogP contribution >= 0.6 is 11.9 Å². The van der Waals surface area contributed by atoms with E-state index >= 15 is 0 Å². The summed E-state index contributed by atoms with van der Waals surface area (Å²) in [6.45, 7) is 19.7. The molecule has 1 aromatic carbocycles. The Morgan fingerprint density at radius 2 is 1.69 bits per heavy atom. The number of hydrogen-bond donors (Lipinski definition) is 2. The highest BCUT2D eigenvalue weighted by atomic mass is 32.2. The molecule has 234 valence electrons. The highest BCUT2D eigenvalue weighted by Gasteiger charge is 2.69. The van der Waals surface area contributed by atoms with Crippen LogP contribution in [0.5, 0.6) is 0 Å². The number of benzene rings is 1. The van der Waals surface area contributed by atoms with Crippen molar-refractivity contribution in [2.24, 2.45) is 45.3 Å². The van der Waals surface area contributed by atoms with Crippen LogP contribution in [0.1, 0.15) is 123 Å². The molecule has 1 aromatic rings. The third kappa shape index (κ3) is 4.83. The monoisotopic (exact) mass is 595 g/mol. The van der Waals surface area contributed by atoms with Crippen molar-refractivity contribution in [1.82, 2.24) is 4.31 Å². The molecule has 2 N–H and O–H groups in total. The second-order valence-electron chi connectivity index (χ2n) is 15.9. The van der Waals surface area contributed by atoms with Gasteiger partial charge in [0.2, 0.25) is 0 Å². The third-order valence-electron chi connectivity index (χ3n) is 14.0. The lowest BCUT2D eigenvalue weighted by Gasteiger charge is -2.71. The minimum absolute atomic E-state index is 0.0261. The van der Waals surface area contributed by atoms with E-state index in [1.54, 1.807) is 24.1 Å². The number of aliphatic hydroxyl groups is 1. The average molecular weight is 596 g/mol. The topological polar surface area (TPSA) is 60.8 Å². The summed E-state index contributed by atoms with van der Waals surface area (Å²) in [5, 5.41) is 20.1. The first-order valence-electron chi connectivity index (χ1n) is 16.8. The van der Waals surface area contributed by atoms with Gasteiger partial charge in [0.1, 0.15) is 0 Å². The third-order valence-corrected chi connectivity index (χ3v) is 15.3. The number of fused-ring (bicyclic) bond motifs is 7. The molecule has 4 saturated carbocycles. The molecule has 0 aromatic heterocycles. The maximum Gasteiger partial charge on any atom is 0.335 e. The van der Waals surface area contributed by atoms with E-state index in [4.69, 9.17) is 0 Å². The summed E-state index contributed by atoms with van der Waals surface area (Å²) in [5.74, 6) is 2.01. The normalized spacial score (nSPS) is 42.5. The van der Waals surface area contributed by atoms with E-state index in [1.807, 2.05) is 19.1 Å². The fraction of sp³-hybridized carbons (Fsp3) is 0.757. The van der Waals surface area contributed by atoms with Crippen LogP contribution in [0.2, 0.25) is 0 Å². The maximum absolute atomic E-state index is 11.6. The molecular formula is C37H57NO3S. The molecule has 0 radical (unpaired) electrons. The molecule has 42 heavy (non-hydrogen) atoms. The van der Waals surface area contributed by atoms with E-state index in [0.717, 1.165) is 29.2 Å². The van der Waals surface area contributed by atoms with Crippen LogP contribution in [-0.4, -0.2) is 39.2 Å². The zero-order chi connectivity index (χ0) is 30.6. The number of carbonyl (C=O) groups is 1. The molecule has 8 atom stereocenters. The van der Waals surface area contributed by atoms with Gasteiger partial charge in [-0.05, 0) is 160 Å². The molecule has 0 amide bonds. The minimum Gasteiger partial charge on any atom is -0.478 e. The molecule has 5 aliphatic rings. The van der Waals surface area contributed by atoms with Crippen molar-refractivity contribution in [2.75, 3.05) is 13.2 Å². The van der Waals surface area contributed by atoms with Crippen molar-refractivity contribution in [2.45, 2.75) is 123 Å². The molecule has 0 spiro atoms. The molecule has 5 fully saturated rings. The number of carboxylic acids is 1. The van der Waals surface area contributed by atoms with Gasteiger partial charge in [-0.1, -0.05) is 39.3 Å². The van der Waals surface area contributed by atoms with E-state index < -0.39 is 5.97 Å². The Hall–Kier alpha value is -1.30. The van der Waals surface area contributed by atoms with E-state index in [9.17, 15) is 15.0 Å². The lowest BCUT2D eigenvalue weighted by atomic mass is 9.34. The molecule has 1 heterocycles. The van der Waals surface area contributed by atoms with E-state index in [-0.39, 0.29) is 11.0 Å². The zero-order valence-electron chi connectivity index (χ0n) is 27.3.